The second-order valence-corrected chi connectivity index (χ2v) is 5.62. The lowest BCUT2D eigenvalue weighted by molar-refractivity contribution is 0.112. The Hall–Kier alpha value is -2.16. The lowest BCUT2D eigenvalue weighted by Crippen LogP contribution is -2.00. The van der Waals surface area contributed by atoms with Crippen molar-refractivity contribution in [2.24, 2.45) is 5.92 Å². The highest BCUT2D eigenvalue weighted by atomic mass is 16.5. The molecule has 0 aliphatic heterocycles. The van der Waals surface area contributed by atoms with Crippen molar-refractivity contribution in [2.45, 2.75) is 33.1 Å². The lowest BCUT2D eigenvalue weighted by Gasteiger charge is -2.10. The molecule has 116 valence electrons. The Labute approximate surface area is 132 Å². The zero-order valence-electron chi connectivity index (χ0n) is 13.3. The maximum Gasteiger partial charge on any atom is 0.151 e. The maximum atomic E-state index is 10.6. The molecule has 0 saturated heterocycles. The van der Waals surface area contributed by atoms with Crippen LogP contribution < -0.4 is 4.74 Å². The maximum absolute atomic E-state index is 10.6. The van der Waals surface area contributed by atoms with Gasteiger partial charge >= 0.3 is 0 Å². The molecule has 1 aromatic heterocycles. The highest BCUT2D eigenvalue weighted by Gasteiger charge is 2.02. The molecule has 3 heteroatoms. The molecule has 0 saturated carbocycles. The van der Waals surface area contributed by atoms with Crippen LogP contribution in [-0.4, -0.2) is 17.9 Å². The van der Waals surface area contributed by atoms with E-state index in [1.54, 1.807) is 12.3 Å². The molecule has 0 aliphatic rings. The predicted octanol–water partition coefficient (Wildman–Crippen LogP) is 4.77. The second kappa shape index (κ2) is 8.32. The monoisotopic (exact) mass is 297 g/mol. The fourth-order valence-electron chi connectivity index (χ4n) is 2.19. The zero-order valence-corrected chi connectivity index (χ0v) is 13.3. The van der Waals surface area contributed by atoms with Crippen LogP contribution in [0.3, 0.4) is 0 Å². The molecule has 0 fully saturated rings. The molecule has 0 aliphatic carbocycles. The second-order valence-electron chi connectivity index (χ2n) is 5.62. The molecule has 0 N–H and O–H groups in total. The first-order chi connectivity index (χ1) is 10.7. The molecular weight excluding hydrogens is 274 g/mol. The first kappa shape index (κ1) is 16.2. The summed E-state index contributed by atoms with van der Waals surface area (Å²) in [5.74, 6) is 1.66. The fraction of sp³-hybridized carbons (Fsp3) is 0.368. The third-order valence-electron chi connectivity index (χ3n) is 3.88. The smallest absolute Gasteiger partial charge is 0.151 e. The first-order valence-corrected chi connectivity index (χ1v) is 7.87. The number of rotatable bonds is 8. The average Bonchev–Trinajstić information content (AvgIpc) is 2.59. The van der Waals surface area contributed by atoms with E-state index in [9.17, 15) is 4.79 Å². The molecule has 0 amide bonds. The van der Waals surface area contributed by atoms with Gasteiger partial charge in [0.15, 0.2) is 6.29 Å². The van der Waals surface area contributed by atoms with Crippen LogP contribution in [0.15, 0.2) is 42.6 Å². The zero-order chi connectivity index (χ0) is 15.8. The van der Waals surface area contributed by atoms with E-state index in [1.165, 1.54) is 12.8 Å². The molecule has 3 nitrogen and oxygen atoms in total. The van der Waals surface area contributed by atoms with Crippen LogP contribution in [0.5, 0.6) is 5.75 Å². The van der Waals surface area contributed by atoms with Crippen LogP contribution >= 0.6 is 0 Å². The molecule has 2 aromatic rings. The number of ether oxygens (including phenoxy) is 1. The minimum atomic E-state index is 0.588. The molecule has 2 rings (SSSR count). The topological polar surface area (TPSA) is 39.2 Å². The molecule has 22 heavy (non-hydrogen) atoms. The Morgan fingerprint density at radius 1 is 1.18 bits per heavy atom. The van der Waals surface area contributed by atoms with E-state index < -0.39 is 0 Å². The number of hydrogen-bond acceptors (Lipinski definition) is 3. The molecular formula is C19H23NO2. The normalized spacial score (nSPS) is 11.9. The molecule has 0 radical (unpaired) electrons. The first-order valence-electron chi connectivity index (χ1n) is 7.87. The number of aldehydes is 1. The van der Waals surface area contributed by atoms with Gasteiger partial charge in [0, 0.05) is 17.3 Å². The van der Waals surface area contributed by atoms with Gasteiger partial charge in [-0.15, -0.1) is 0 Å². The van der Waals surface area contributed by atoms with Crippen molar-refractivity contribution in [2.75, 3.05) is 6.61 Å². The molecule has 0 bridgehead atoms. The van der Waals surface area contributed by atoms with Gasteiger partial charge in [0.05, 0.1) is 12.3 Å². The Kier molecular flexibility index (Phi) is 6.13. The Bertz CT molecular complexity index is 575. The summed E-state index contributed by atoms with van der Waals surface area (Å²) in [7, 11) is 0. The van der Waals surface area contributed by atoms with Crippen LogP contribution in [0.2, 0.25) is 0 Å². The van der Waals surface area contributed by atoms with Crippen LogP contribution in [0.1, 0.15) is 43.5 Å². The summed E-state index contributed by atoms with van der Waals surface area (Å²) in [5.41, 5.74) is 2.46. The minimum absolute atomic E-state index is 0.588. The number of carbonyl (C=O) groups is 1. The van der Waals surface area contributed by atoms with Gasteiger partial charge in [-0.25, -0.2) is 0 Å². The number of carbonyl (C=O) groups excluding carboxylic acids is 1. The minimum Gasteiger partial charge on any atom is -0.494 e. The van der Waals surface area contributed by atoms with Gasteiger partial charge in [0.2, 0.25) is 0 Å². The fourth-order valence-corrected chi connectivity index (χ4v) is 2.19. The van der Waals surface area contributed by atoms with E-state index in [0.717, 1.165) is 42.2 Å². The summed E-state index contributed by atoms with van der Waals surface area (Å²) in [4.78, 5) is 14.9. The standard InChI is InChI=1S/C19H23NO2/c1-3-15(2)5-4-12-22-18-9-7-17(8-10-18)19-11-6-16(14-21)13-20-19/h6-11,13-15H,3-5,12H2,1-2H3/t15-/m0/s1. The highest BCUT2D eigenvalue weighted by Crippen LogP contribution is 2.21. The Balaban J connectivity index is 1.88. The predicted molar refractivity (Wildman–Crippen MR) is 89.2 cm³/mol. The van der Waals surface area contributed by atoms with Gasteiger partial charge in [-0.2, -0.15) is 0 Å². The van der Waals surface area contributed by atoms with Crippen molar-refractivity contribution in [3.05, 3.63) is 48.2 Å². The number of hydrogen-bond donors (Lipinski definition) is 0. The molecule has 1 aromatic carbocycles. The summed E-state index contributed by atoms with van der Waals surface area (Å²) < 4.78 is 5.76. The van der Waals surface area contributed by atoms with Crippen LogP contribution in [0.4, 0.5) is 0 Å². The molecule has 0 unspecified atom stereocenters. The summed E-state index contributed by atoms with van der Waals surface area (Å²) in [6.45, 7) is 5.26. The van der Waals surface area contributed by atoms with E-state index in [-0.39, 0.29) is 0 Å². The van der Waals surface area contributed by atoms with Crippen molar-refractivity contribution in [3.63, 3.8) is 0 Å². The number of benzene rings is 1. The van der Waals surface area contributed by atoms with E-state index in [1.807, 2.05) is 30.3 Å². The number of aromatic nitrogens is 1. The molecule has 1 heterocycles. The molecule has 1 atom stereocenters. The summed E-state index contributed by atoms with van der Waals surface area (Å²) in [6, 6.07) is 11.5. The van der Waals surface area contributed by atoms with Crippen molar-refractivity contribution in [1.82, 2.24) is 4.98 Å². The average molecular weight is 297 g/mol. The van der Waals surface area contributed by atoms with E-state index in [4.69, 9.17) is 4.74 Å². The van der Waals surface area contributed by atoms with Gasteiger partial charge in [0.25, 0.3) is 0 Å². The van der Waals surface area contributed by atoms with Crippen molar-refractivity contribution >= 4 is 6.29 Å². The van der Waals surface area contributed by atoms with Crippen LogP contribution in [0, 0.1) is 5.92 Å². The Morgan fingerprint density at radius 3 is 2.55 bits per heavy atom. The quantitative estimate of drug-likeness (QED) is 0.520. The van der Waals surface area contributed by atoms with Crippen molar-refractivity contribution in [3.8, 4) is 17.0 Å². The lowest BCUT2D eigenvalue weighted by atomic mass is 10.0. The van der Waals surface area contributed by atoms with Crippen molar-refractivity contribution in [1.29, 1.82) is 0 Å². The highest BCUT2D eigenvalue weighted by molar-refractivity contribution is 5.75. The summed E-state index contributed by atoms with van der Waals surface area (Å²) in [6.07, 6.45) is 5.91. The number of nitrogens with zero attached hydrogens (tertiary/aromatic N) is 1. The third kappa shape index (κ3) is 4.69. The van der Waals surface area contributed by atoms with Gasteiger partial charge in [0.1, 0.15) is 5.75 Å². The number of pyridine rings is 1. The van der Waals surface area contributed by atoms with E-state index in [0.29, 0.717) is 5.56 Å². The molecule has 0 spiro atoms. The third-order valence-corrected chi connectivity index (χ3v) is 3.88. The van der Waals surface area contributed by atoms with Gasteiger partial charge in [-0.1, -0.05) is 20.3 Å². The Morgan fingerprint density at radius 2 is 1.95 bits per heavy atom. The van der Waals surface area contributed by atoms with Gasteiger partial charge in [-0.05, 0) is 55.2 Å². The van der Waals surface area contributed by atoms with Crippen LogP contribution in [0.25, 0.3) is 11.3 Å². The SMILES string of the molecule is CC[C@H](C)CCCOc1ccc(-c2ccc(C=O)cn2)cc1. The van der Waals surface area contributed by atoms with Gasteiger partial charge < -0.3 is 4.74 Å². The largest absolute Gasteiger partial charge is 0.494 e. The summed E-state index contributed by atoms with van der Waals surface area (Å²) in [5, 5.41) is 0. The van der Waals surface area contributed by atoms with E-state index >= 15 is 0 Å². The van der Waals surface area contributed by atoms with Crippen LogP contribution in [-0.2, 0) is 0 Å². The summed E-state index contributed by atoms with van der Waals surface area (Å²) >= 11 is 0. The van der Waals surface area contributed by atoms with Crippen molar-refractivity contribution < 1.29 is 9.53 Å². The van der Waals surface area contributed by atoms with E-state index in [2.05, 4.69) is 18.8 Å². The van der Waals surface area contributed by atoms with Gasteiger partial charge in [-0.3, -0.25) is 9.78 Å².